The lowest BCUT2D eigenvalue weighted by Gasteiger charge is -2.56. The molecule has 0 aromatic carbocycles. The summed E-state index contributed by atoms with van der Waals surface area (Å²) in [5.74, 6) is 3.46. The monoisotopic (exact) mass is 272 g/mol. The molecule has 4 bridgehead atoms. The summed E-state index contributed by atoms with van der Waals surface area (Å²) in [6.07, 6.45) is 8.25. The fourth-order valence-electron chi connectivity index (χ4n) is 5.53. The van der Waals surface area contributed by atoms with E-state index in [0.29, 0.717) is 11.9 Å². The minimum Gasteiger partial charge on any atom is -0.366 e. The minimum atomic E-state index is 0.262. The van der Waals surface area contributed by atoms with Crippen LogP contribution in [0.25, 0.3) is 0 Å². The van der Waals surface area contributed by atoms with Crippen LogP contribution in [0.1, 0.15) is 69.7 Å². The van der Waals surface area contributed by atoms with Gasteiger partial charge in [0.25, 0.3) is 0 Å². The summed E-state index contributed by atoms with van der Waals surface area (Å²) in [5.41, 5.74) is 8.40. The highest BCUT2D eigenvalue weighted by molar-refractivity contribution is 5.31. The van der Waals surface area contributed by atoms with Gasteiger partial charge in [0.1, 0.15) is 0 Å². The molecule has 0 radical (unpaired) electrons. The van der Waals surface area contributed by atoms with E-state index >= 15 is 0 Å². The second kappa shape index (κ2) is 4.15. The first-order valence-electron chi connectivity index (χ1n) is 8.06. The molecule has 0 unspecified atom stereocenters. The van der Waals surface area contributed by atoms with Crippen LogP contribution in [0.5, 0.6) is 0 Å². The van der Waals surface area contributed by atoms with Crippen molar-refractivity contribution in [1.29, 1.82) is 0 Å². The first-order valence-corrected chi connectivity index (χ1v) is 8.06. The third-order valence-corrected chi connectivity index (χ3v) is 5.82. The number of hydrogen-bond donors (Lipinski definition) is 1. The predicted octanol–water partition coefficient (Wildman–Crippen LogP) is 3.05. The van der Waals surface area contributed by atoms with E-state index in [1.165, 1.54) is 44.2 Å². The Kier molecular flexibility index (Phi) is 2.60. The number of nitrogens with zero attached hydrogens (tertiary/aromatic N) is 3. The number of anilines is 1. The van der Waals surface area contributed by atoms with Crippen molar-refractivity contribution in [2.75, 3.05) is 5.73 Å². The van der Waals surface area contributed by atoms with Crippen LogP contribution < -0.4 is 5.73 Å². The van der Waals surface area contributed by atoms with E-state index in [1.807, 2.05) is 0 Å². The zero-order valence-electron chi connectivity index (χ0n) is 12.5. The van der Waals surface area contributed by atoms with E-state index in [1.54, 1.807) is 0 Å². The Hall–Kier alpha value is -1.19. The van der Waals surface area contributed by atoms with Crippen molar-refractivity contribution >= 4 is 5.95 Å². The largest absolute Gasteiger partial charge is 0.366 e. The van der Waals surface area contributed by atoms with E-state index in [9.17, 15) is 0 Å². The molecule has 1 heterocycles. The number of rotatable bonds is 2. The third kappa shape index (κ3) is 1.76. The second-order valence-corrected chi connectivity index (χ2v) is 7.76. The average Bonchev–Trinajstić information content (AvgIpc) is 2.36. The van der Waals surface area contributed by atoms with E-state index < -0.39 is 0 Å². The quantitative estimate of drug-likeness (QED) is 0.898. The molecule has 4 aliphatic rings. The lowest BCUT2D eigenvalue weighted by Crippen LogP contribution is -2.49. The molecule has 5 rings (SSSR count). The van der Waals surface area contributed by atoms with Gasteiger partial charge < -0.3 is 5.73 Å². The Bertz CT molecular complexity index is 502. The van der Waals surface area contributed by atoms with Crippen molar-refractivity contribution in [2.45, 2.75) is 63.7 Å². The SMILES string of the molecule is CC(C)c1nnc(N)nc1C12CC3CC(CC(C3)C1)C2. The van der Waals surface area contributed by atoms with Crippen molar-refractivity contribution in [3.8, 4) is 0 Å². The van der Waals surface area contributed by atoms with Gasteiger partial charge in [-0.15, -0.1) is 10.2 Å². The van der Waals surface area contributed by atoms with Gasteiger partial charge in [0.05, 0.1) is 11.4 Å². The van der Waals surface area contributed by atoms with E-state index in [0.717, 1.165) is 23.4 Å². The molecule has 1 aromatic rings. The van der Waals surface area contributed by atoms with Crippen LogP contribution in [0.15, 0.2) is 0 Å². The number of nitrogens with two attached hydrogens (primary N) is 1. The summed E-state index contributed by atoms with van der Waals surface area (Å²) >= 11 is 0. The van der Waals surface area contributed by atoms with Gasteiger partial charge in [0.15, 0.2) is 0 Å². The van der Waals surface area contributed by atoms with Crippen LogP contribution in [0.2, 0.25) is 0 Å². The molecule has 0 aliphatic heterocycles. The van der Waals surface area contributed by atoms with Crippen molar-refractivity contribution in [1.82, 2.24) is 15.2 Å². The van der Waals surface area contributed by atoms with Crippen molar-refractivity contribution in [3.63, 3.8) is 0 Å². The van der Waals surface area contributed by atoms with Crippen LogP contribution >= 0.6 is 0 Å². The Morgan fingerprint density at radius 3 is 2.05 bits per heavy atom. The molecule has 2 N–H and O–H groups in total. The molecule has 4 nitrogen and oxygen atoms in total. The molecule has 0 amide bonds. The van der Waals surface area contributed by atoms with E-state index in [4.69, 9.17) is 5.73 Å². The maximum absolute atomic E-state index is 5.86. The van der Waals surface area contributed by atoms with Crippen LogP contribution in [-0.4, -0.2) is 15.2 Å². The summed E-state index contributed by atoms with van der Waals surface area (Å²) in [7, 11) is 0. The van der Waals surface area contributed by atoms with Crippen molar-refractivity contribution in [2.24, 2.45) is 17.8 Å². The number of aromatic nitrogens is 3. The lowest BCUT2D eigenvalue weighted by molar-refractivity contribution is -0.00800. The molecule has 4 fully saturated rings. The van der Waals surface area contributed by atoms with Gasteiger partial charge in [0, 0.05) is 5.41 Å². The van der Waals surface area contributed by atoms with E-state index in [2.05, 4.69) is 29.0 Å². The standard InChI is InChI=1S/C16H24N4/c1-9(2)13-14(18-15(17)20-19-13)16-6-10-3-11(7-16)5-12(4-10)8-16/h9-12H,3-8H2,1-2H3,(H2,17,18,20). The Balaban J connectivity index is 1.82. The van der Waals surface area contributed by atoms with Gasteiger partial charge in [0.2, 0.25) is 5.95 Å². The maximum Gasteiger partial charge on any atom is 0.240 e. The second-order valence-electron chi connectivity index (χ2n) is 7.76. The van der Waals surface area contributed by atoms with Crippen LogP contribution in [0.4, 0.5) is 5.95 Å². The fourth-order valence-corrected chi connectivity index (χ4v) is 5.53. The van der Waals surface area contributed by atoms with Crippen LogP contribution in [0, 0.1) is 17.8 Å². The van der Waals surface area contributed by atoms with Crippen molar-refractivity contribution in [3.05, 3.63) is 11.4 Å². The van der Waals surface area contributed by atoms with E-state index in [-0.39, 0.29) is 5.41 Å². The molecule has 0 saturated heterocycles. The van der Waals surface area contributed by atoms with Gasteiger partial charge in [-0.1, -0.05) is 13.8 Å². The van der Waals surface area contributed by atoms with Gasteiger partial charge in [-0.05, 0) is 62.2 Å². The Morgan fingerprint density at radius 2 is 1.55 bits per heavy atom. The van der Waals surface area contributed by atoms with Gasteiger partial charge in [-0.2, -0.15) is 0 Å². The highest BCUT2D eigenvalue weighted by Crippen LogP contribution is 2.60. The number of hydrogen-bond acceptors (Lipinski definition) is 4. The van der Waals surface area contributed by atoms with Crippen molar-refractivity contribution < 1.29 is 0 Å². The zero-order chi connectivity index (χ0) is 13.9. The number of nitrogen functional groups attached to an aromatic ring is 1. The molecule has 108 valence electrons. The fraction of sp³-hybridized carbons (Fsp3) is 0.812. The lowest BCUT2D eigenvalue weighted by atomic mass is 9.48. The molecule has 0 atom stereocenters. The Morgan fingerprint density at radius 1 is 1.00 bits per heavy atom. The molecule has 20 heavy (non-hydrogen) atoms. The summed E-state index contributed by atoms with van der Waals surface area (Å²) in [6, 6.07) is 0. The summed E-state index contributed by atoms with van der Waals surface area (Å²) in [5, 5.41) is 8.40. The maximum atomic E-state index is 5.86. The smallest absolute Gasteiger partial charge is 0.240 e. The highest BCUT2D eigenvalue weighted by Gasteiger charge is 2.53. The molecule has 0 spiro atoms. The molecule has 4 saturated carbocycles. The normalized spacial score (nSPS) is 38.6. The molecule has 4 heteroatoms. The first-order chi connectivity index (χ1) is 9.56. The molecular weight excluding hydrogens is 248 g/mol. The highest BCUT2D eigenvalue weighted by atomic mass is 15.2. The average molecular weight is 272 g/mol. The van der Waals surface area contributed by atoms with Gasteiger partial charge in [-0.25, -0.2) is 4.98 Å². The predicted molar refractivity (Wildman–Crippen MR) is 78.2 cm³/mol. The summed E-state index contributed by atoms with van der Waals surface area (Å²) in [4.78, 5) is 4.69. The van der Waals surface area contributed by atoms with Crippen LogP contribution in [-0.2, 0) is 5.41 Å². The Labute approximate surface area is 120 Å². The van der Waals surface area contributed by atoms with Crippen LogP contribution in [0.3, 0.4) is 0 Å². The summed E-state index contributed by atoms with van der Waals surface area (Å²) in [6.45, 7) is 4.37. The molecule has 1 aromatic heterocycles. The zero-order valence-corrected chi connectivity index (χ0v) is 12.5. The molecular formula is C16H24N4. The topological polar surface area (TPSA) is 64.7 Å². The minimum absolute atomic E-state index is 0.262. The first kappa shape index (κ1) is 12.5. The third-order valence-electron chi connectivity index (χ3n) is 5.82. The summed E-state index contributed by atoms with van der Waals surface area (Å²) < 4.78 is 0. The molecule has 4 aliphatic carbocycles. The van der Waals surface area contributed by atoms with Gasteiger partial charge >= 0.3 is 0 Å². The van der Waals surface area contributed by atoms with Gasteiger partial charge in [-0.3, -0.25) is 0 Å².